The van der Waals surface area contributed by atoms with Gasteiger partial charge < -0.3 is 4.90 Å². The minimum Gasteiger partial charge on any atom is -0.355 e. The molecule has 4 heterocycles. The zero-order valence-electron chi connectivity index (χ0n) is 13.8. The third kappa shape index (κ3) is 2.58. The van der Waals surface area contributed by atoms with Crippen LogP contribution in [0.4, 0.5) is 5.82 Å². The first-order chi connectivity index (χ1) is 11.6. The van der Waals surface area contributed by atoms with Crippen LogP contribution in [0.15, 0.2) is 23.7 Å². The average molecular weight is 341 g/mol. The summed E-state index contributed by atoms with van der Waals surface area (Å²) in [5, 5.41) is 7.22. The van der Waals surface area contributed by atoms with E-state index in [1.807, 2.05) is 37.7 Å². The average Bonchev–Trinajstić information content (AvgIpc) is 3.24. The molecule has 0 aliphatic carbocycles. The summed E-state index contributed by atoms with van der Waals surface area (Å²) < 4.78 is 1.77. The standard InChI is InChI=1S/C17H19N5OS/c1-11-19-16-13(9-18-21(16)2)17(20-11)22-7-3-5-12(10-22)15(23)14-6-4-8-24-14/h4,6,8-9,12H,3,5,7,10H2,1-2H3/t12-/m1/s1. The van der Waals surface area contributed by atoms with E-state index in [2.05, 4.69) is 20.0 Å². The van der Waals surface area contributed by atoms with Crippen LogP contribution in [-0.2, 0) is 7.05 Å². The van der Waals surface area contributed by atoms with Gasteiger partial charge in [-0.25, -0.2) is 9.97 Å². The Kier molecular flexibility index (Phi) is 3.80. The number of aryl methyl sites for hydroxylation is 2. The molecular weight excluding hydrogens is 322 g/mol. The molecule has 0 bridgehead atoms. The Hall–Kier alpha value is -2.28. The predicted octanol–water partition coefficient (Wildman–Crippen LogP) is 2.83. The molecule has 1 saturated heterocycles. The molecule has 7 heteroatoms. The van der Waals surface area contributed by atoms with E-state index in [1.54, 1.807) is 4.68 Å². The third-order valence-electron chi connectivity index (χ3n) is 4.54. The topological polar surface area (TPSA) is 63.9 Å². The summed E-state index contributed by atoms with van der Waals surface area (Å²) in [5.41, 5.74) is 0.837. The number of rotatable bonds is 3. The summed E-state index contributed by atoms with van der Waals surface area (Å²) in [6, 6.07) is 3.85. The molecule has 0 N–H and O–H groups in total. The molecule has 4 rings (SSSR count). The Morgan fingerprint density at radius 3 is 3.04 bits per heavy atom. The molecule has 3 aromatic heterocycles. The van der Waals surface area contributed by atoms with Crippen molar-refractivity contribution in [2.75, 3.05) is 18.0 Å². The number of fused-ring (bicyclic) bond motifs is 1. The normalized spacial score (nSPS) is 18.2. The van der Waals surface area contributed by atoms with Crippen molar-refractivity contribution in [3.63, 3.8) is 0 Å². The second-order valence-electron chi connectivity index (χ2n) is 6.23. The summed E-state index contributed by atoms with van der Waals surface area (Å²) in [6.45, 7) is 3.51. The summed E-state index contributed by atoms with van der Waals surface area (Å²) >= 11 is 1.52. The van der Waals surface area contributed by atoms with Gasteiger partial charge in [-0.1, -0.05) is 6.07 Å². The van der Waals surface area contributed by atoms with E-state index in [-0.39, 0.29) is 11.7 Å². The second-order valence-corrected chi connectivity index (χ2v) is 7.17. The quantitative estimate of drug-likeness (QED) is 0.686. The van der Waals surface area contributed by atoms with E-state index in [0.29, 0.717) is 6.54 Å². The summed E-state index contributed by atoms with van der Waals surface area (Å²) in [7, 11) is 1.89. The zero-order valence-corrected chi connectivity index (χ0v) is 14.6. The maximum absolute atomic E-state index is 12.7. The molecule has 0 spiro atoms. The lowest BCUT2D eigenvalue weighted by Gasteiger charge is -2.33. The Morgan fingerprint density at radius 1 is 1.38 bits per heavy atom. The first kappa shape index (κ1) is 15.3. The van der Waals surface area contributed by atoms with Crippen LogP contribution in [-0.4, -0.2) is 38.6 Å². The minimum atomic E-state index is 0.0272. The SMILES string of the molecule is Cc1nc(N2CCC[C@@H](C(=O)c3cccs3)C2)c2cnn(C)c2n1. The Labute approximate surface area is 144 Å². The van der Waals surface area contributed by atoms with Gasteiger partial charge in [-0.15, -0.1) is 11.3 Å². The molecule has 6 nitrogen and oxygen atoms in total. The Balaban J connectivity index is 1.66. The summed E-state index contributed by atoms with van der Waals surface area (Å²) in [6.07, 6.45) is 3.74. The highest BCUT2D eigenvalue weighted by atomic mass is 32.1. The Bertz CT molecular complexity index is 886. The first-order valence-electron chi connectivity index (χ1n) is 8.12. The number of thiophene rings is 1. The van der Waals surface area contributed by atoms with E-state index < -0.39 is 0 Å². The van der Waals surface area contributed by atoms with E-state index in [0.717, 1.165) is 46.9 Å². The molecule has 0 saturated carbocycles. The molecule has 0 radical (unpaired) electrons. The maximum Gasteiger partial charge on any atom is 0.177 e. The first-order valence-corrected chi connectivity index (χ1v) is 9.00. The van der Waals surface area contributed by atoms with E-state index in [4.69, 9.17) is 0 Å². The van der Waals surface area contributed by atoms with Gasteiger partial charge in [0.2, 0.25) is 0 Å². The predicted molar refractivity (Wildman–Crippen MR) is 94.6 cm³/mol. The maximum atomic E-state index is 12.7. The van der Waals surface area contributed by atoms with E-state index >= 15 is 0 Å². The zero-order chi connectivity index (χ0) is 16.7. The van der Waals surface area contributed by atoms with Crippen LogP contribution in [0.1, 0.15) is 28.3 Å². The monoisotopic (exact) mass is 341 g/mol. The third-order valence-corrected chi connectivity index (χ3v) is 5.42. The number of hydrogen-bond donors (Lipinski definition) is 0. The minimum absolute atomic E-state index is 0.0272. The smallest absolute Gasteiger partial charge is 0.177 e. The molecule has 3 aromatic rings. The van der Waals surface area contributed by atoms with Gasteiger partial charge in [0.15, 0.2) is 11.4 Å². The number of carbonyl (C=O) groups is 1. The number of Topliss-reactive ketones (excluding diaryl/α,β-unsaturated/α-hetero) is 1. The van der Waals surface area contributed by atoms with E-state index in [1.165, 1.54) is 11.3 Å². The fourth-order valence-electron chi connectivity index (χ4n) is 3.36. The largest absolute Gasteiger partial charge is 0.355 e. The molecule has 0 unspecified atom stereocenters. The number of carbonyl (C=O) groups excluding carboxylic acids is 1. The highest BCUT2D eigenvalue weighted by molar-refractivity contribution is 7.12. The van der Waals surface area contributed by atoms with Gasteiger partial charge in [0.25, 0.3) is 0 Å². The van der Waals surface area contributed by atoms with Crippen molar-refractivity contribution >= 4 is 34.0 Å². The number of aromatic nitrogens is 4. The van der Waals surface area contributed by atoms with Crippen LogP contribution < -0.4 is 4.90 Å². The fourth-order valence-corrected chi connectivity index (χ4v) is 4.10. The van der Waals surface area contributed by atoms with Crippen LogP contribution in [0.25, 0.3) is 11.0 Å². The summed E-state index contributed by atoms with van der Waals surface area (Å²) in [5.74, 6) is 1.91. The molecule has 1 aliphatic heterocycles. The van der Waals surface area contributed by atoms with Gasteiger partial charge >= 0.3 is 0 Å². The lowest BCUT2D eigenvalue weighted by Crippen LogP contribution is -2.39. The lowest BCUT2D eigenvalue weighted by molar-refractivity contribution is 0.0911. The number of nitrogens with zero attached hydrogens (tertiary/aromatic N) is 5. The van der Waals surface area contributed by atoms with E-state index in [9.17, 15) is 4.79 Å². The van der Waals surface area contributed by atoms with Crippen LogP contribution >= 0.6 is 11.3 Å². The molecule has 24 heavy (non-hydrogen) atoms. The molecule has 124 valence electrons. The molecule has 1 atom stereocenters. The van der Waals surface area contributed by atoms with Crippen LogP contribution in [0, 0.1) is 12.8 Å². The van der Waals surface area contributed by atoms with Gasteiger partial charge in [-0.2, -0.15) is 5.10 Å². The number of anilines is 1. The lowest BCUT2D eigenvalue weighted by atomic mass is 9.93. The highest BCUT2D eigenvalue weighted by Gasteiger charge is 2.29. The van der Waals surface area contributed by atoms with Gasteiger partial charge in [-0.05, 0) is 31.2 Å². The highest BCUT2D eigenvalue weighted by Crippen LogP contribution is 2.29. The van der Waals surface area contributed by atoms with Crippen molar-refractivity contribution < 1.29 is 4.79 Å². The second kappa shape index (κ2) is 5.98. The van der Waals surface area contributed by atoms with Gasteiger partial charge in [0.05, 0.1) is 16.5 Å². The summed E-state index contributed by atoms with van der Waals surface area (Å²) in [4.78, 5) is 24.9. The van der Waals surface area contributed by atoms with Crippen molar-refractivity contribution in [3.05, 3.63) is 34.4 Å². The number of ketones is 1. The van der Waals surface area contributed by atoms with Crippen molar-refractivity contribution in [1.82, 2.24) is 19.7 Å². The van der Waals surface area contributed by atoms with Gasteiger partial charge in [0, 0.05) is 26.1 Å². The fraction of sp³-hybridized carbons (Fsp3) is 0.412. The molecule has 1 aliphatic rings. The van der Waals surface area contributed by atoms with Crippen molar-refractivity contribution in [2.24, 2.45) is 13.0 Å². The van der Waals surface area contributed by atoms with Crippen molar-refractivity contribution in [2.45, 2.75) is 19.8 Å². The molecule has 0 aromatic carbocycles. The molecule has 0 amide bonds. The van der Waals surface area contributed by atoms with Gasteiger partial charge in [-0.3, -0.25) is 9.48 Å². The van der Waals surface area contributed by atoms with Gasteiger partial charge in [0.1, 0.15) is 11.6 Å². The van der Waals surface area contributed by atoms with Crippen molar-refractivity contribution in [3.8, 4) is 0 Å². The van der Waals surface area contributed by atoms with Crippen molar-refractivity contribution in [1.29, 1.82) is 0 Å². The number of hydrogen-bond acceptors (Lipinski definition) is 6. The van der Waals surface area contributed by atoms with Crippen LogP contribution in [0.5, 0.6) is 0 Å². The Morgan fingerprint density at radius 2 is 2.25 bits per heavy atom. The molecule has 1 fully saturated rings. The van der Waals surface area contributed by atoms with Crippen LogP contribution in [0.2, 0.25) is 0 Å². The molecular formula is C17H19N5OS. The number of piperidine rings is 1. The van der Waals surface area contributed by atoms with Crippen LogP contribution in [0.3, 0.4) is 0 Å².